The van der Waals surface area contributed by atoms with Gasteiger partial charge in [-0.3, -0.25) is 19.7 Å². The summed E-state index contributed by atoms with van der Waals surface area (Å²) in [4.78, 5) is 16.9. The van der Waals surface area contributed by atoms with E-state index in [1.165, 1.54) is 0 Å². The second kappa shape index (κ2) is 9.01. The third-order valence-electron chi connectivity index (χ3n) is 5.28. The van der Waals surface area contributed by atoms with Crippen molar-refractivity contribution in [3.8, 4) is 22.8 Å². The fraction of sp³-hybridized carbons (Fsp3) is 0.280. The molecule has 2 amide bonds. The van der Waals surface area contributed by atoms with Crippen molar-refractivity contribution in [2.24, 2.45) is 14.1 Å². The summed E-state index contributed by atoms with van der Waals surface area (Å²) in [6.07, 6.45) is 5.37. The van der Waals surface area contributed by atoms with Crippen molar-refractivity contribution in [1.29, 1.82) is 0 Å². The average molecular weight is 460 g/mol. The Morgan fingerprint density at radius 3 is 2.50 bits per heavy atom. The van der Waals surface area contributed by atoms with Crippen molar-refractivity contribution in [1.82, 2.24) is 24.5 Å². The van der Waals surface area contributed by atoms with Crippen LogP contribution in [0.4, 0.5) is 16.3 Å². The Labute approximate surface area is 198 Å². The van der Waals surface area contributed by atoms with Crippen LogP contribution in [0.15, 0.2) is 55.0 Å². The molecule has 4 aromatic rings. The van der Waals surface area contributed by atoms with E-state index in [-0.39, 0.29) is 11.4 Å². The number of amides is 2. The maximum atomic E-state index is 12.5. The van der Waals surface area contributed by atoms with Crippen molar-refractivity contribution in [3.63, 3.8) is 0 Å². The summed E-state index contributed by atoms with van der Waals surface area (Å²) in [7, 11) is 3.67. The first kappa shape index (κ1) is 23.0. The molecule has 2 N–H and O–H groups in total. The Hall–Kier alpha value is -4.14. The minimum absolute atomic E-state index is 0.103. The molecule has 0 fully saturated rings. The SMILES string of the molecule is Cc1cc(NC(=O)Nc2cc(C(C)(C)C)nn2C)ccc1Oc1ccnc(-c2cnn(C)c2)c1. The molecule has 3 heterocycles. The first-order valence-corrected chi connectivity index (χ1v) is 10.9. The zero-order chi connectivity index (χ0) is 24.5. The first-order valence-electron chi connectivity index (χ1n) is 10.9. The molecule has 0 radical (unpaired) electrons. The van der Waals surface area contributed by atoms with Crippen LogP contribution in [0, 0.1) is 6.92 Å². The monoisotopic (exact) mass is 459 g/mol. The number of aromatic nitrogens is 5. The summed E-state index contributed by atoms with van der Waals surface area (Å²) < 4.78 is 9.47. The molecular formula is C25H29N7O2. The van der Waals surface area contributed by atoms with Gasteiger partial charge in [-0.25, -0.2) is 4.79 Å². The van der Waals surface area contributed by atoms with E-state index in [4.69, 9.17) is 4.74 Å². The van der Waals surface area contributed by atoms with E-state index in [9.17, 15) is 4.79 Å². The topological polar surface area (TPSA) is 98.9 Å². The molecular weight excluding hydrogens is 430 g/mol. The van der Waals surface area contributed by atoms with Crippen molar-refractivity contribution in [2.75, 3.05) is 10.6 Å². The molecule has 1 aromatic carbocycles. The zero-order valence-corrected chi connectivity index (χ0v) is 20.2. The lowest BCUT2D eigenvalue weighted by atomic mass is 9.92. The third kappa shape index (κ3) is 5.25. The van der Waals surface area contributed by atoms with Crippen LogP contribution < -0.4 is 15.4 Å². The van der Waals surface area contributed by atoms with E-state index in [2.05, 4.69) is 46.6 Å². The van der Waals surface area contributed by atoms with Crippen molar-refractivity contribution < 1.29 is 9.53 Å². The molecule has 34 heavy (non-hydrogen) atoms. The molecule has 0 aliphatic heterocycles. The van der Waals surface area contributed by atoms with Gasteiger partial charge in [0.15, 0.2) is 0 Å². The number of hydrogen-bond acceptors (Lipinski definition) is 5. The number of nitrogens with zero attached hydrogens (tertiary/aromatic N) is 5. The van der Waals surface area contributed by atoms with Crippen molar-refractivity contribution in [2.45, 2.75) is 33.1 Å². The van der Waals surface area contributed by atoms with E-state index in [0.29, 0.717) is 23.0 Å². The molecule has 0 atom stereocenters. The van der Waals surface area contributed by atoms with Gasteiger partial charge in [0.05, 0.1) is 17.6 Å². The Balaban J connectivity index is 1.43. The van der Waals surface area contributed by atoms with Gasteiger partial charge in [-0.15, -0.1) is 0 Å². The van der Waals surface area contributed by atoms with Crippen LogP contribution in [0.2, 0.25) is 0 Å². The molecule has 176 valence electrons. The highest BCUT2D eigenvalue weighted by molar-refractivity contribution is 5.99. The lowest BCUT2D eigenvalue weighted by Crippen LogP contribution is -2.21. The molecule has 3 aromatic heterocycles. The fourth-order valence-electron chi connectivity index (χ4n) is 3.38. The molecule has 0 saturated heterocycles. The second-order valence-electron chi connectivity index (χ2n) is 9.23. The predicted octanol–water partition coefficient (Wildman–Crippen LogP) is 5.26. The van der Waals surface area contributed by atoms with Gasteiger partial charge < -0.3 is 10.1 Å². The number of pyridine rings is 1. The Kier molecular flexibility index (Phi) is 6.10. The number of urea groups is 1. The Morgan fingerprint density at radius 2 is 1.85 bits per heavy atom. The Bertz CT molecular complexity index is 1330. The van der Waals surface area contributed by atoms with E-state index >= 15 is 0 Å². The summed E-state index contributed by atoms with van der Waals surface area (Å²) in [5, 5.41) is 14.4. The third-order valence-corrected chi connectivity index (χ3v) is 5.28. The maximum Gasteiger partial charge on any atom is 0.324 e. The summed E-state index contributed by atoms with van der Waals surface area (Å²) >= 11 is 0. The number of anilines is 2. The van der Waals surface area contributed by atoms with E-state index in [0.717, 1.165) is 22.5 Å². The number of nitrogens with one attached hydrogen (secondary N) is 2. The highest BCUT2D eigenvalue weighted by atomic mass is 16.5. The van der Waals surface area contributed by atoms with Crippen LogP contribution in [-0.2, 0) is 19.5 Å². The van der Waals surface area contributed by atoms with E-state index in [1.54, 1.807) is 40.9 Å². The van der Waals surface area contributed by atoms with Crippen LogP contribution >= 0.6 is 0 Å². The molecule has 0 spiro atoms. The van der Waals surface area contributed by atoms with Gasteiger partial charge in [-0.05, 0) is 36.8 Å². The number of hydrogen-bond donors (Lipinski definition) is 2. The number of benzene rings is 1. The fourth-order valence-corrected chi connectivity index (χ4v) is 3.38. The molecule has 9 nitrogen and oxygen atoms in total. The minimum atomic E-state index is -0.341. The first-order chi connectivity index (χ1) is 16.1. The summed E-state index contributed by atoms with van der Waals surface area (Å²) in [5.74, 6) is 1.98. The van der Waals surface area contributed by atoms with E-state index in [1.807, 2.05) is 44.4 Å². The van der Waals surface area contributed by atoms with Crippen molar-refractivity contribution >= 4 is 17.5 Å². The number of ether oxygens (including phenoxy) is 1. The van der Waals surface area contributed by atoms with Gasteiger partial charge in [-0.1, -0.05) is 20.8 Å². The van der Waals surface area contributed by atoms with Crippen LogP contribution in [0.25, 0.3) is 11.3 Å². The smallest absolute Gasteiger partial charge is 0.324 e. The zero-order valence-electron chi connectivity index (χ0n) is 20.2. The highest BCUT2D eigenvalue weighted by Crippen LogP contribution is 2.29. The van der Waals surface area contributed by atoms with Crippen LogP contribution in [0.1, 0.15) is 32.0 Å². The van der Waals surface area contributed by atoms with Gasteiger partial charge in [-0.2, -0.15) is 10.2 Å². The molecule has 4 rings (SSSR count). The van der Waals surface area contributed by atoms with Gasteiger partial charge in [0.25, 0.3) is 0 Å². The standard InChI is InChI=1S/C25H29N7O2/c1-16-11-18(28-24(33)29-23-13-22(25(2,3)4)30-32(23)6)7-8-21(16)34-19-9-10-26-20(12-19)17-14-27-31(5)15-17/h7-15H,1-6H3,(H2,28,29,33). The van der Waals surface area contributed by atoms with Crippen LogP contribution in [0.3, 0.4) is 0 Å². The minimum Gasteiger partial charge on any atom is -0.457 e. The van der Waals surface area contributed by atoms with Crippen LogP contribution in [0.5, 0.6) is 11.5 Å². The number of carbonyl (C=O) groups excluding carboxylic acids is 1. The van der Waals surface area contributed by atoms with E-state index < -0.39 is 0 Å². The summed E-state index contributed by atoms with van der Waals surface area (Å²) in [5.41, 5.74) is 4.04. The van der Waals surface area contributed by atoms with Gasteiger partial charge in [0.1, 0.15) is 17.3 Å². The number of rotatable bonds is 5. The molecule has 0 aliphatic carbocycles. The highest BCUT2D eigenvalue weighted by Gasteiger charge is 2.19. The quantitative estimate of drug-likeness (QED) is 0.424. The molecule has 0 saturated carbocycles. The summed E-state index contributed by atoms with van der Waals surface area (Å²) in [6, 6.07) is 10.7. The molecule has 9 heteroatoms. The normalized spacial score (nSPS) is 11.4. The molecule has 0 unspecified atom stereocenters. The Morgan fingerprint density at radius 1 is 1.06 bits per heavy atom. The second-order valence-corrected chi connectivity index (χ2v) is 9.23. The maximum absolute atomic E-state index is 12.5. The number of aryl methyl sites for hydroxylation is 3. The van der Waals surface area contributed by atoms with Gasteiger partial charge in [0, 0.05) is 55.3 Å². The molecule has 0 bridgehead atoms. The largest absolute Gasteiger partial charge is 0.457 e. The van der Waals surface area contributed by atoms with Gasteiger partial charge >= 0.3 is 6.03 Å². The predicted molar refractivity (Wildman–Crippen MR) is 132 cm³/mol. The van der Waals surface area contributed by atoms with Gasteiger partial charge in [0.2, 0.25) is 0 Å². The lowest BCUT2D eigenvalue weighted by Gasteiger charge is -2.13. The van der Waals surface area contributed by atoms with Crippen LogP contribution in [-0.4, -0.2) is 30.6 Å². The summed E-state index contributed by atoms with van der Waals surface area (Å²) in [6.45, 7) is 8.17. The average Bonchev–Trinajstić information content (AvgIpc) is 3.36. The number of carbonyl (C=O) groups is 1. The van der Waals surface area contributed by atoms with Crippen molar-refractivity contribution in [3.05, 3.63) is 66.2 Å². The lowest BCUT2D eigenvalue weighted by molar-refractivity contribution is 0.262. The molecule has 0 aliphatic rings.